The van der Waals surface area contributed by atoms with Gasteiger partial charge in [-0.1, -0.05) is 23.2 Å². The maximum atomic E-state index is 11.8. The molecular weight excluding hydrogens is 255 g/mol. The predicted molar refractivity (Wildman–Crippen MR) is 61.5 cm³/mol. The molecule has 15 heavy (non-hydrogen) atoms. The van der Waals surface area contributed by atoms with E-state index in [1.807, 2.05) is 6.07 Å². The number of halogens is 2. The summed E-state index contributed by atoms with van der Waals surface area (Å²) in [6.07, 6.45) is 0.303. The van der Waals surface area contributed by atoms with Crippen LogP contribution >= 0.6 is 34.5 Å². The molecule has 1 rings (SSSR count). The van der Waals surface area contributed by atoms with Crippen LogP contribution in [0.5, 0.6) is 0 Å². The van der Waals surface area contributed by atoms with Gasteiger partial charge in [-0.25, -0.2) is 0 Å². The average Bonchev–Trinajstić information content (AvgIpc) is 2.53. The Balaban J connectivity index is 2.76. The van der Waals surface area contributed by atoms with Gasteiger partial charge in [0.15, 0.2) is 0 Å². The molecule has 0 radical (unpaired) electrons. The van der Waals surface area contributed by atoms with Crippen molar-refractivity contribution in [2.24, 2.45) is 0 Å². The van der Waals surface area contributed by atoms with Crippen LogP contribution in [0.3, 0.4) is 0 Å². The third-order valence-electron chi connectivity index (χ3n) is 1.79. The third kappa shape index (κ3) is 3.10. The van der Waals surface area contributed by atoms with Crippen molar-refractivity contribution in [1.29, 1.82) is 5.26 Å². The number of amides is 1. The van der Waals surface area contributed by atoms with E-state index in [1.54, 1.807) is 13.1 Å². The molecule has 0 atom stereocenters. The molecule has 1 heterocycles. The van der Waals surface area contributed by atoms with Gasteiger partial charge in [0.1, 0.15) is 4.34 Å². The summed E-state index contributed by atoms with van der Waals surface area (Å²) in [7, 11) is 1.63. The van der Waals surface area contributed by atoms with Crippen LogP contribution in [0.2, 0.25) is 8.67 Å². The molecule has 0 bridgehead atoms. The Hall–Kier alpha value is -0.760. The highest BCUT2D eigenvalue weighted by molar-refractivity contribution is 7.20. The zero-order valence-electron chi connectivity index (χ0n) is 7.96. The van der Waals surface area contributed by atoms with E-state index >= 15 is 0 Å². The molecule has 0 aliphatic carbocycles. The standard InChI is InChI=1S/C9H8Cl2N2OS/c1-13(4-2-3-12)9(14)6-5-7(10)15-8(6)11/h5H,2,4H2,1H3. The van der Waals surface area contributed by atoms with Crippen LogP contribution in [0.4, 0.5) is 0 Å². The van der Waals surface area contributed by atoms with Crippen molar-refractivity contribution in [3.8, 4) is 6.07 Å². The van der Waals surface area contributed by atoms with E-state index in [4.69, 9.17) is 28.5 Å². The Morgan fingerprint density at radius 2 is 2.33 bits per heavy atom. The van der Waals surface area contributed by atoms with Crippen LogP contribution in [0.15, 0.2) is 6.07 Å². The van der Waals surface area contributed by atoms with Gasteiger partial charge >= 0.3 is 0 Å². The highest BCUT2D eigenvalue weighted by atomic mass is 35.5. The second-order valence-electron chi connectivity index (χ2n) is 2.87. The first-order chi connectivity index (χ1) is 7.06. The van der Waals surface area contributed by atoms with Crippen molar-refractivity contribution >= 4 is 40.4 Å². The van der Waals surface area contributed by atoms with Gasteiger partial charge in [-0.3, -0.25) is 4.79 Å². The highest BCUT2D eigenvalue weighted by Gasteiger charge is 2.17. The van der Waals surface area contributed by atoms with E-state index in [0.29, 0.717) is 27.2 Å². The molecule has 6 heteroatoms. The molecule has 1 aromatic heterocycles. The molecule has 1 aromatic rings. The molecule has 0 aliphatic rings. The van der Waals surface area contributed by atoms with E-state index in [1.165, 1.54) is 4.90 Å². The van der Waals surface area contributed by atoms with Crippen molar-refractivity contribution in [3.05, 3.63) is 20.3 Å². The third-order valence-corrected chi connectivity index (χ3v) is 3.28. The summed E-state index contributed by atoms with van der Waals surface area (Å²) in [5.41, 5.74) is 0.395. The Kier molecular flexibility index (Phi) is 4.40. The minimum absolute atomic E-state index is 0.210. The van der Waals surface area contributed by atoms with Gasteiger partial charge in [0, 0.05) is 13.6 Å². The summed E-state index contributed by atoms with van der Waals surface area (Å²) in [5.74, 6) is -0.210. The molecule has 0 aromatic carbocycles. The fraction of sp³-hybridized carbons (Fsp3) is 0.333. The van der Waals surface area contributed by atoms with Crippen molar-refractivity contribution in [2.45, 2.75) is 6.42 Å². The minimum atomic E-state index is -0.210. The van der Waals surface area contributed by atoms with Gasteiger partial charge in [-0.2, -0.15) is 5.26 Å². The van der Waals surface area contributed by atoms with Crippen LogP contribution in [0, 0.1) is 11.3 Å². The normalized spacial score (nSPS) is 9.73. The van der Waals surface area contributed by atoms with Crippen LogP contribution < -0.4 is 0 Å². The van der Waals surface area contributed by atoms with Crippen LogP contribution in [-0.2, 0) is 0 Å². The largest absolute Gasteiger partial charge is 0.341 e. The molecule has 0 saturated heterocycles. The Morgan fingerprint density at radius 3 is 2.80 bits per heavy atom. The highest BCUT2D eigenvalue weighted by Crippen LogP contribution is 2.31. The molecular formula is C9H8Cl2N2OS. The molecule has 0 aliphatic heterocycles. The van der Waals surface area contributed by atoms with Gasteiger partial charge < -0.3 is 4.90 Å². The van der Waals surface area contributed by atoms with Crippen molar-refractivity contribution in [2.75, 3.05) is 13.6 Å². The van der Waals surface area contributed by atoms with Crippen LogP contribution in [0.25, 0.3) is 0 Å². The number of carbonyl (C=O) groups excluding carboxylic acids is 1. The lowest BCUT2D eigenvalue weighted by Gasteiger charge is -2.14. The molecule has 1 amide bonds. The maximum absolute atomic E-state index is 11.8. The van der Waals surface area contributed by atoms with Gasteiger partial charge in [-0.05, 0) is 6.07 Å². The summed E-state index contributed by atoms with van der Waals surface area (Å²) in [4.78, 5) is 13.2. The number of carbonyl (C=O) groups is 1. The SMILES string of the molecule is CN(CCC#N)C(=O)c1cc(Cl)sc1Cl. The van der Waals surface area contributed by atoms with E-state index in [2.05, 4.69) is 0 Å². The van der Waals surface area contributed by atoms with Gasteiger partial charge in [-0.15, -0.1) is 11.3 Å². The molecule has 0 fully saturated rings. The summed E-state index contributed by atoms with van der Waals surface area (Å²) >= 11 is 12.7. The number of nitrogens with zero attached hydrogens (tertiary/aromatic N) is 2. The quantitative estimate of drug-likeness (QED) is 0.841. The Labute approximate surface area is 102 Å². The van der Waals surface area contributed by atoms with E-state index in [9.17, 15) is 4.79 Å². The van der Waals surface area contributed by atoms with Crippen LogP contribution in [0.1, 0.15) is 16.8 Å². The van der Waals surface area contributed by atoms with Crippen molar-refractivity contribution < 1.29 is 4.79 Å². The summed E-state index contributed by atoms with van der Waals surface area (Å²) in [6, 6.07) is 3.52. The van der Waals surface area contributed by atoms with Gasteiger partial charge in [0.2, 0.25) is 0 Å². The lowest BCUT2D eigenvalue weighted by atomic mass is 10.3. The zero-order valence-corrected chi connectivity index (χ0v) is 10.3. The Morgan fingerprint density at radius 1 is 1.67 bits per heavy atom. The lowest BCUT2D eigenvalue weighted by Crippen LogP contribution is -2.27. The molecule has 0 spiro atoms. The number of rotatable bonds is 3. The number of thiophene rings is 1. The second kappa shape index (κ2) is 5.36. The predicted octanol–water partition coefficient (Wildman–Crippen LogP) is 3.04. The average molecular weight is 263 g/mol. The maximum Gasteiger partial charge on any atom is 0.256 e. The minimum Gasteiger partial charge on any atom is -0.341 e. The number of hydrogen-bond donors (Lipinski definition) is 0. The van der Waals surface area contributed by atoms with E-state index in [-0.39, 0.29) is 5.91 Å². The molecule has 3 nitrogen and oxygen atoms in total. The van der Waals surface area contributed by atoms with E-state index in [0.717, 1.165) is 11.3 Å². The summed E-state index contributed by atoms with van der Waals surface area (Å²) in [6.45, 7) is 0.388. The summed E-state index contributed by atoms with van der Waals surface area (Å²) in [5, 5.41) is 8.39. The summed E-state index contributed by atoms with van der Waals surface area (Å²) < 4.78 is 0.867. The fourth-order valence-electron chi connectivity index (χ4n) is 1.01. The smallest absolute Gasteiger partial charge is 0.256 e. The lowest BCUT2D eigenvalue weighted by molar-refractivity contribution is 0.0798. The first-order valence-corrected chi connectivity index (χ1v) is 5.70. The van der Waals surface area contributed by atoms with Gasteiger partial charge in [0.05, 0.1) is 22.4 Å². The zero-order chi connectivity index (χ0) is 11.4. The second-order valence-corrected chi connectivity index (χ2v) is 5.16. The van der Waals surface area contributed by atoms with E-state index < -0.39 is 0 Å². The van der Waals surface area contributed by atoms with Crippen molar-refractivity contribution in [3.63, 3.8) is 0 Å². The topological polar surface area (TPSA) is 44.1 Å². The first-order valence-electron chi connectivity index (χ1n) is 4.13. The molecule has 0 N–H and O–H groups in total. The number of nitriles is 1. The Bertz CT molecular complexity index is 411. The van der Waals surface area contributed by atoms with Gasteiger partial charge in [0.25, 0.3) is 5.91 Å². The fourth-order valence-corrected chi connectivity index (χ4v) is 2.46. The molecule has 0 unspecified atom stereocenters. The first kappa shape index (κ1) is 12.3. The van der Waals surface area contributed by atoms with Crippen LogP contribution in [-0.4, -0.2) is 24.4 Å². The molecule has 0 saturated carbocycles. The van der Waals surface area contributed by atoms with Crippen molar-refractivity contribution in [1.82, 2.24) is 4.90 Å². The number of hydrogen-bond acceptors (Lipinski definition) is 3. The molecule has 80 valence electrons. The monoisotopic (exact) mass is 262 g/mol.